The van der Waals surface area contributed by atoms with E-state index in [0.29, 0.717) is 40.5 Å². The first-order valence-corrected chi connectivity index (χ1v) is 18.2. The standard InChI is InChI=1S/C49H31N7/c50-32-33-13-10-22-41(29-33)47-52-44(36-16-6-2-7-17-36)51-46(55-47)38-27-25-35(26-28-38)40-21-12-24-43(31-40)49-54-45(37-18-8-3-9-19-37)53-48(56-49)42-23-11-20-39(30-42)34-14-4-1-5-15-34/h1-31H. The second-order valence-electron chi connectivity index (χ2n) is 13.1. The van der Waals surface area contributed by atoms with E-state index in [1.807, 2.05) is 127 Å². The van der Waals surface area contributed by atoms with Crippen molar-refractivity contribution in [3.8, 4) is 96.7 Å². The fraction of sp³-hybridized carbons (Fsp3) is 0. The predicted molar refractivity (Wildman–Crippen MR) is 221 cm³/mol. The van der Waals surface area contributed by atoms with E-state index >= 15 is 0 Å². The normalized spacial score (nSPS) is 10.8. The zero-order chi connectivity index (χ0) is 37.7. The van der Waals surface area contributed by atoms with Gasteiger partial charge in [0.05, 0.1) is 11.6 Å². The van der Waals surface area contributed by atoms with Crippen LogP contribution in [0.4, 0.5) is 0 Å². The minimum absolute atomic E-state index is 0.501. The molecular formula is C49H31N7. The lowest BCUT2D eigenvalue weighted by Crippen LogP contribution is -2.00. The molecule has 0 bridgehead atoms. The monoisotopic (exact) mass is 717 g/mol. The van der Waals surface area contributed by atoms with Crippen molar-refractivity contribution in [2.45, 2.75) is 0 Å². The summed E-state index contributed by atoms with van der Waals surface area (Å²) in [6.07, 6.45) is 0. The van der Waals surface area contributed by atoms with E-state index in [1.54, 1.807) is 12.1 Å². The van der Waals surface area contributed by atoms with Crippen molar-refractivity contribution in [2.24, 2.45) is 0 Å². The van der Waals surface area contributed by atoms with Crippen LogP contribution in [0.1, 0.15) is 5.56 Å². The molecule has 0 spiro atoms. The highest BCUT2D eigenvalue weighted by Gasteiger charge is 2.16. The Labute approximate surface area is 324 Å². The lowest BCUT2D eigenvalue weighted by atomic mass is 10.0. The Bertz CT molecular complexity index is 2850. The van der Waals surface area contributed by atoms with Crippen molar-refractivity contribution in [3.05, 3.63) is 194 Å². The summed E-state index contributed by atoms with van der Waals surface area (Å²) in [6.45, 7) is 0. The summed E-state index contributed by atoms with van der Waals surface area (Å²) in [7, 11) is 0. The van der Waals surface area contributed by atoms with Gasteiger partial charge in [-0.25, -0.2) is 29.9 Å². The molecule has 7 heteroatoms. The van der Waals surface area contributed by atoms with Crippen molar-refractivity contribution in [1.82, 2.24) is 29.9 Å². The van der Waals surface area contributed by atoms with Crippen molar-refractivity contribution in [3.63, 3.8) is 0 Å². The molecule has 0 unspecified atom stereocenters. The van der Waals surface area contributed by atoms with Crippen molar-refractivity contribution < 1.29 is 0 Å². The first-order chi connectivity index (χ1) is 27.7. The molecule has 0 saturated carbocycles. The molecule has 0 radical (unpaired) electrons. The van der Waals surface area contributed by atoms with Gasteiger partial charge in [0, 0.05) is 33.4 Å². The highest BCUT2D eigenvalue weighted by molar-refractivity contribution is 5.76. The van der Waals surface area contributed by atoms with Crippen molar-refractivity contribution in [1.29, 1.82) is 5.26 Å². The van der Waals surface area contributed by atoms with Gasteiger partial charge in [0.25, 0.3) is 0 Å². The van der Waals surface area contributed by atoms with Crippen LogP contribution in [0.25, 0.3) is 90.6 Å². The zero-order valence-electron chi connectivity index (χ0n) is 30.0. The van der Waals surface area contributed by atoms with Crippen LogP contribution in [-0.4, -0.2) is 29.9 Å². The van der Waals surface area contributed by atoms with Crippen molar-refractivity contribution >= 4 is 0 Å². The van der Waals surface area contributed by atoms with Crippen LogP contribution in [-0.2, 0) is 0 Å². The molecule has 0 aliphatic carbocycles. The van der Waals surface area contributed by atoms with E-state index in [1.165, 1.54) is 0 Å². The van der Waals surface area contributed by atoms with Crippen LogP contribution >= 0.6 is 0 Å². The molecule has 9 aromatic rings. The molecule has 262 valence electrons. The van der Waals surface area contributed by atoms with Gasteiger partial charge in [0.1, 0.15) is 0 Å². The van der Waals surface area contributed by atoms with Gasteiger partial charge in [-0.15, -0.1) is 0 Å². The van der Waals surface area contributed by atoms with Gasteiger partial charge < -0.3 is 0 Å². The van der Waals surface area contributed by atoms with Crippen LogP contribution in [0.3, 0.4) is 0 Å². The van der Waals surface area contributed by atoms with Gasteiger partial charge in [-0.3, -0.25) is 0 Å². The summed E-state index contributed by atoms with van der Waals surface area (Å²) >= 11 is 0. The van der Waals surface area contributed by atoms with Gasteiger partial charge in [-0.1, -0.05) is 164 Å². The Hall–Kier alpha value is -7.95. The molecule has 0 aliphatic heterocycles. The molecule has 2 heterocycles. The summed E-state index contributed by atoms with van der Waals surface area (Å²) in [5, 5.41) is 9.53. The number of nitrogens with zero attached hydrogens (tertiary/aromatic N) is 7. The number of aromatic nitrogens is 6. The summed E-state index contributed by atoms with van der Waals surface area (Å²) in [5.41, 5.74) is 9.96. The molecule has 7 nitrogen and oxygen atoms in total. The molecule has 0 atom stereocenters. The number of hydrogen-bond acceptors (Lipinski definition) is 7. The van der Waals surface area contributed by atoms with Gasteiger partial charge in [0.2, 0.25) is 0 Å². The molecule has 0 saturated heterocycles. The third-order valence-corrected chi connectivity index (χ3v) is 9.41. The Morgan fingerprint density at radius 1 is 0.250 bits per heavy atom. The van der Waals surface area contributed by atoms with Crippen LogP contribution in [0.5, 0.6) is 0 Å². The van der Waals surface area contributed by atoms with Gasteiger partial charge in [0.15, 0.2) is 34.9 Å². The second-order valence-corrected chi connectivity index (χ2v) is 13.1. The van der Waals surface area contributed by atoms with E-state index in [9.17, 15) is 5.26 Å². The maximum atomic E-state index is 9.53. The molecule has 9 rings (SSSR count). The summed E-state index contributed by atoms with van der Waals surface area (Å²) in [6, 6.07) is 64.4. The molecule has 0 aliphatic rings. The fourth-order valence-corrected chi connectivity index (χ4v) is 6.55. The van der Waals surface area contributed by atoms with Crippen LogP contribution in [0, 0.1) is 11.3 Å². The molecule has 0 N–H and O–H groups in total. The highest BCUT2D eigenvalue weighted by Crippen LogP contribution is 2.32. The number of benzene rings is 7. The average Bonchev–Trinajstić information content (AvgIpc) is 3.30. The maximum Gasteiger partial charge on any atom is 0.164 e. The molecule has 0 fully saturated rings. The first-order valence-electron chi connectivity index (χ1n) is 18.2. The number of nitriles is 1. The Morgan fingerprint density at radius 2 is 0.536 bits per heavy atom. The molecule has 56 heavy (non-hydrogen) atoms. The SMILES string of the molecule is N#Cc1cccc(-c2nc(-c3ccccc3)nc(-c3ccc(-c4cccc(-c5nc(-c6ccccc6)nc(-c6cccc(-c7ccccc7)c6)n5)c4)cc3)n2)c1. The lowest BCUT2D eigenvalue weighted by Gasteiger charge is -2.11. The zero-order valence-corrected chi connectivity index (χ0v) is 30.0. The predicted octanol–water partition coefficient (Wildman–Crippen LogP) is 11.3. The summed E-state index contributed by atoms with van der Waals surface area (Å²) in [4.78, 5) is 29.5. The maximum absolute atomic E-state index is 9.53. The van der Waals surface area contributed by atoms with Crippen molar-refractivity contribution in [2.75, 3.05) is 0 Å². The van der Waals surface area contributed by atoms with E-state index in [4.69, 9.17) is 29.9 Å². The van der Waals surface area contributed by atoms with Crippen LogP contribution in [0.15, 0.2) is 188 Å². The summed E-state index contributed by atoms with van der Waals surface area (Å²) < 4.78 is 0. The topological polar surface area (TPSA) is 101 Å². The number of hydrogen-bond donors (Lipinski definition) is 0. The lowest BCUT2D eigenvalue weighted by molar-refractivity contribution is 1.07. The van der Waals surface area contributed by atoms with Gasteiger partial charge >= 0.3 is 0 Å². The van der Waals surface area contributed by atoms with Crippen LogP contribution in [0.2, 0.25) is 0 Å². The summed E-state index contributed by atoms with van der Waals surface area (Å²) in [5.74, 6) is 3.40. The average molecular weight is 718 g/mol. The third kappa shape index (κ3) is 7.19. The molecular weight excluding hydrogens is 687 g/mol. The van der Waals surface area contributed by atoms with E-state index in [-0.39, 0.29) is 0 Å². The minimum Gasteiger partial charge on any atom is -0.208 e. The fourth-order valence-electron chi connectivity index (χ4n) is 6.55. The van der Waals surface area contributed by atoms with Gasteiger partial charge in [-0.05, 0) is 46.5 Å². The largest absolute Gasteiger partial charge is 0.208 e. The third-order valence-electron chi connectivity index (χ3n) is 9.41. The van der Waals surface area contributed by atoms with Crippen LogP contribution < -0.4 is 0 Å². The van der Waals surface area contributed by atoms with Gasteiger partial charge in [-0.2, -0.15) is 5.26 Å². The molecule has 7 aromatic carbocycles. The Kier molecular flexibility index (Phi) is 9.18. The smallest absolute Gasteiger partial charge is 0.164 e. The Morgan fingerprint density at radius 3 is 0.964 bits per heavy atom. The quantitative estimate of drug-likeness (QED) is 0.154. The highest BCUT2D eigenvalue weighted by atomic mass is 15.0. The van der Waals surface area contributed by atoms with E-state index < -0.39 is 0 Å². The second kappa shape index (κ2) is 15.2. The van der Waals surface area contributed by atoms with E-state index in [0.717, 1.165) is 55.6 Å². The minimum atomic E-state index is 0.501. The molecule has 0 amide bonds. The molecule has 2 aromatic heterocycles. The first kappa shape index (κ1) is 33.9. The Balaban J connectivity index is 1.08. The van der Waals surface area contributed by atoms with E-state index in [2.05, 4.69) is 54.6 Å². The number of rotatable bonds is 8.